The van der Waals surface area contributed by atoms with Crippen LogP contribution < -0.4 is 5.01 Å². The summed E-state index contributed by atoms with van der Waals surface area (Å²) in [5.41, 5.74) is 4.73. The number of carbonyl (C=O) groups is 2. The van der Waals surface area contributed by atoms with Crippen LogP contribution in [0.1, 0.15) is 43.0 Å². The van der Waals surface area contributed by atoms with Gasteiger partial charge in [0.25, 0.3) is 0 Å². The van der Waals surface area contributed by atoms with E-state index >= 15 is 0 Å². The molecule has 1 aliphatic heterocycles. The molecule has 0 aromatic heterocycles. The van der Waals surface area contributed by atoms with Crippen molar-refractivity contribution in [2.75, 3.05) is 18.2 Å². The normalized spacial score (nSPS) is 14.8. The summed E-state index contributed by atoms with van der Waals surface area (Å²) in [7, 11) is 0. The minimum absolute atomic E-state index is 0.0487. The number of benzene rings is 3. The fourth-order valence-corrected chi connectivity index (χ4v) is 4.07. The molecule has 3 aromatic carbocycles. The summed E-state index contributed by atoms with van der Waals surface area (Å²) in [6.07, 6.45) is 6.40. The molecule has 4 rings (SSSR count). The third-order valence-corrected chi connectivity index (χ3v) is 5.85. The number of hydrazone groups is 1. The molecule has 6 heteroatoms. The van der Waals surface area contributed by atoms with Gasteiger partial charge in [0.15, 0.2) is 0 Å². The van der Waals surface area contributed by atoms with Gasteiger partial charge in [-0.25, -0.2) is 9.59 Å². The van der Waals surface area contributed by atoms with E-state index in [9.17, 15) is 9.59 Å². The van der Waals surface area contributed by atoms with E-state index in [4.69, 9.17) is 14.6 Å². The van der Waals surface area contributed by atoms with E-state index in [1.54, 1.807) is 13.8 Å². The van der Waals surface area contributed by atoms with Crippen molar-refractivity contribution in [3.05, 3.63) is 113 Å². The Morgan fingerprint density at radius 3 is 2.00 bits per heavy atom. The second kappa shape index (κ2) is 12.5. The fourth-order valence-electron chi connectivity index (χ4n) is 4.07. The number of rotatable bonds is 9. The van der Waals surface area contributed by atoms with E-state index in [0.29, 0.717) is 5.56 Å². The van der Waals surface area contributed by atoms with Crippen molar-refractivity contribution in [2.24, 2.45) is 5.10 Å². The maximum atomic E-state index is 12.3. The van der Waals surface area contributed by atoms with Gasteiger partial charge in [-0.2, -0.15) is 5.10 Å². The minimum atomic E-state index is -0.701. The van der Waals surface area contributed by atoms with Crippen LogP contribution in [0.3, 0.4) is 0 Å². The van der Waals surface area contributed by atoms with E-state index in [1.807, 2.05) is 65.7 Å². The highest BCUT2D eigenvalue weighted by Crippen LogP contribution is 2.35. The predicted molar refractivity (Wildman–Crippen MR) is 147 cm³/mol. The number of hydrogen-bond acceptors (Lipinski definition) is 6. The largest absolute Gasteiger partial charge is 0.462 e. The number of hydrogen-bond donors (Lipinski definition) is 0. The van der Waals surface area contributed by atoms with E-state index in [1.165, 1.54) is 11.6 Å². The molecule has 0 bridgehead atoms. The molecule has 0 radical (unpaired) electrons. The van der Waals surface area contributed by atoms with Crippen molar-refractivity contribution in [3.8, 4) is 0 Å². The molecule has 37 heavy (non-hydrogen) atoms. The summed E-state index contributed by atoms with van der Waals surface area (Å²) in [5, 5.41) is 6.95. The fraction of sp³-hybridized carbons (Fsp3) is 0.194. The Kier molecular flexibility index (Phi) is 8.66. The third kappa shape index (κ3) is 6.61. The number of ether oxygens (including phenoxy) is 2. The van der Waals surface area contributed by atoms with Crippen LogP contribution in [0.5, 0.6) is 0 Å². The first kappa shape index (κ1) is 25.6. The molecular formula is C31H30N2O4. The molecule has 188 valence electrons. The summed E-state index contributed by atoms with van der Waals surface area (Å²) in [6.45, 7) is 3.73. The maximum Gasteiger partial charge on any atom is 0.345 e. The van der Waals surface area contributed by atoms with Gasteiger partial charge in [0.05, 0.1) is 30.7 Å². The Balaban J connectivity index is 1.62. The molecule has 1 aliphatic rings. The van der Waals surface area contributed by atoms with Crippen LogP contribution in [-0.2, 0) is 19.1 Å². The first-order valence-electron chi connectivity index (χ1n) is 12.4. The van der Waals surface area contributed by atoms with Crippen LogP contribution in [0, 0.1) is 0 Å². The zero-order chi connectivity index (χ0) is 26.0. The molecule has 0 spiro atoms. The SMILES string of the molecule is CCOC(=O)C(=Cc1ccc(N2N=C(/C=C/c3ccccc3)CC2c2ccccc2)cc1)C(=O)OCC. The minimum Gasteiger partial charge on any atom is -0.462 e. The lowest BCUT2D eigenvalue weighted by Gasteiger charge is -2.24. The Hall–Kier alpha value is -4.45. The first-order valence-corrected chi connectivity index (χ1v) is 12.4. The van der Waals surface area contributed by atoms with Gasteiger partial charge >= 0.3 is 11.9 Å². The molecular weight excluding hydrogens is 464 g/mol. The van der Waals surface area contributed by atoms with E-state index in [-0.39, 0.29) is 24.8 Å². The Morgan fingerprint density at radius 1 is 0.811 bits per heavy atom. The second-order valence-electron chi connectivity index (χ2n) is 8.40. The zero-order valence-corrected chi connectivity index (χ0v) is 21.0. The molecule has 0 amide bonds. The highest BCUT2D eigenvalue weighted by Gasteiger charge is 2.28. The molecule has 0 N–H and O–H groups in total. The van der Waals surface area contributed by atoms with Crippen LogP contribution in [0.2, 0.25) is 0 Å². The molecule has 3 aromatic rings. The van der Waals surface area contributed by atoms with E-state index < -0.39 is 11.9 Å². The van der Waals surface area contributed by atoms with Crippen LogP contribution in [-0.4, -0.2) is 30.9 Å². The molecule has 0 aliphatic carbocycles. The molecule has 0 fully saturated rings. The van der Waals surface area contributed by atoms with Crippen LogP contribution in [0.25, 0.3) is 12.2 Å². The molecule has 0 saturated heterocycles. The average molecular weight is 495 g/mol. The van der Waals surface area contributed by atoms with Gasteiger partial charge in [0.2, 0.25) is 0 Å². The smallest absolute Gasteiger partial charge is 0.345 e. The van der Waals surface area contributed by atoms with Gasteiger partial charge in [-0.1, -0.05) is 78.9 Å². The number of esters is 2. The van der Waals surface area contributed by atoms with Crippen LogP contribution in [0.15, 0.2) is 102 Å². The molecule has 0 saturated carbocycles. The van der Waals surface area contributed by atoms with Gasteiger partial charge in [0.1, 0.15) is 5.57 Å². The third-order valence-electron chi connectivity index (χ3n) is 5.85. The quantitative estimate of drug-likeness (QED) is 0.153. The highest BCUT2D eigenvalue weighted by molar-refractivity contribution is 6.17. The first-order chi connectivity index (χ1) is 18.1. The van der Waals surface area contributed by atoms with E-state index in [2.05, 4.69) is 36.4 Å². The van der Waals surface area contributed by atoms with Crippen LogP contribution >= 0.6 is 0 Å². The van der Waals surface area contributed by atoms with Gasteiger partial charge in [0, 0.05) is 6.42 Å². The Bertz CT molecular complexity index is 1280. The summed E-state index contributed by atoms with van der Waals surface area (Å²) in [5.74, 6) is -1.40. The molecule has 1 atom stereocenters. The lowest BCUT2D eigenvalue weighted by molar-refractivity contribution is -0.146. The molecule has 1 heterocycles. The van der Waals surface area contributed by atoms with E-state index in [0.717, 1.165) is 23.4 Å². The monoisotopic (exact) mass is 494 g/mol. The lowest BCUT2D eigenvalue weighted by atomic mass is 10.0. The summed E-state index contributed by atoms with van der Waals surface area (Å²) < 4.78 is 10.1. The van der Waals surface area contributed by atoms with Gasteiger partial charge in [-0.05, 0) is 54.8 Å². The summed E-state index contributed by atoms with van der Waals surface area (Å²) in [4.78, 5) is 24.6. The van der Waals surface area contributed by atoms with Crippen molar-refractivity contribution in [3.63, 3.8) is 0 Å². The van der Waals surface area contributed by atoms with Gasteiger partial charge < -0.3 is 9.47 Å². The summed E-state index contributed by atoms with van der Waals surface area (Å²) in [6, 6.07) is 28.1. The van der Waals surface area contributed by atoms with Crippen molar-refractivity contribution < 1.29 is 19.1 Å². The molecule has 1 unspecified atom stereocenters. The van der Waals surface area contributed by atoms with Gasteiger partial charge in [-0.3, -0.25) is 5.01 Å². The number of anilines is 1. The average Bonchev–Trinajstić information content (AvgIpc) is 3.36. The van der Waals surface area contributed by atoms with Gasteiger partial charge in [-0.15, -0.1) is 0 Å². The highest BCUT2D eigenvalue weighted by atomic mass is 16.6. The Labute approximate surface area is 217 Å². The van der Waals surface area contributed by atoms with Crippen molar-refractivity contribution in [1.29, 1.82) is 0 Å². The maximum absolute atomic E-state index is 12.3. The van der Waals surface area contributed by atoms with Crippen LogP contribution in [0.4, 0.5) is 5.69 Å². The second-order valence-corrected chi connectivity index (χ2v) is 8.40. The molecule has 6 nitrogen and oxygen atoms in total. The predicted octanol–water partition coefficient (Wildman–Crippen LogP) is 6.22. The van der Waals surface area contributed by atoms with Crippen molar-refractivity contribution >= 4 is 35.5 Å². The summed E-state index contributed by atoms with van der Waals surface area (Å²) >= 11 is 0. The Morgan fingerprint density at radius 2 is 1.41 bits per heavy atom. The number of allylic oxidation sites excluding steroid dienone is 1. The number of nitrogens with zero attached hydrogens (tertiary/aromatic N) is 2. The lowest BCUT2D eigenvalue weighted by Crippen LogP contribution is -2.19. The zero-order valence-electron chi connectivity index (χ0n) is 21.0. The standard InChI is InChI=1S/C31H30N2O4/c1-3-36-30(34)28(31(35)37-4-2)21-24-16-19-27(20-17-24)33-29(25-13-9-6-10-14-25)22-26(32-33)18-15-23-11-7-5-8-12-23/h5-21,29H,3-4,22H2,1-2H3/b18-15+. The van der Waals surface area contributed by atoms with Crippen molar-refractivity contribution in [2.45, 2.75) is 26.3 Å². The topological polar surface area (TPSA) is 68.2 Å². The number of carbonyl (C=O) groups excluding carboxylic acids is 2. The van der Waals surface area contributed by atoms with Crippen molar-refractivity contribution in [1.82, 2.24) is 0 Å².